The third-order valence-corrected chi connectivity index (χ3v) is 8.50. The Balaban J connectivity index is 1.34. The molecule has 4 nitrogen and oxygen atoms in total. The summed E-state index contributed by atoms with van der Waals surface area (Å²) in [5.41, 5.74) is 5.18. The van der Waals surface area contributed by atoms with Crippen LogP contribution < -0.4 is 5.32 Å². The Morgan fingerprint density at radius 3 is 2.97 bits per heavy atom. The van der Waals surface area contributed by atoms with E-state index in [9.17, 15) is 0 Å². The van der Waals surface area contributed by atoms with Crippen molar-refractivity contribution in [3.8, 4) is 0 Å². The van der Waals surface area contributed by atoms with Gasteiger partial charge in [0.1, 0.15) is 4.83 Å². The SMILES string of the molecule is c1cc(Nc2ccc3scnc3c2)c2cc([C@@H]3CCCN4CCCCC34)sc2n1. The smallest absolute Gasteiger partial charge is 0.125 e. The quantitative estimate of drug-likeness (QED) is 0.417. The van der Waals surface area contributed by atoms with Crippen LogP contribution in [0.2, 0.25) is 0 Å². The van der Waals surface area contributed by atoms with Crippen molar-refractivity contribution < 1.29 is 0 Å². The van der Waals surface area contributed by atoms with Crippen LogP contribution in [0.3, 0.4) is 0 Å². The maximum Gasteiger partial charge on any atom is 0.125 e. The van der Waals surface area contributed by atoms with Crippen LogP contribution >= 0.6 is 22.7 Å². The van der Waals surface area contributed by atoms with Crippen molar-refractivity contribution in [2.45, 2.75) is 44.1 Å². The molecule has 0 spiro atoms. The van der Waals surface area contributed by atoms with Crippen molar-refractivity contribution in [2.24, 2.45) is 0 Å². The van der Waals surface area contributed by atoms with Gasteiger partial charge in [-0.3, -0.25) is 4.90 Å². The maximum absolute atomic E-state index is 4.70. The highest BCUT2D eigenvalue weighted by Gasteiger charge is 2.34. The van der Waals surface area contributed by atoms with E-state index in [2.05, 4.69) is 45.5 Å². The Hall–Kier alpha value is -2.02. The molecule has 2 atom stereocenters. The Labute approximate surface area is 178 Å². The van der Waals surface area contributed by atoms with E-state index in [1.54, 1.807) is 11.3 Å². The molecule has 2 aliphatic heterocycles. The van der Waals surface area contributed by atoms with E-state index in [1.165, 1.54) is 60.2 Å². The fourth-order valence-corrected chi connectivity index (χ4v) is 7.01. The zero-order valence-electron chi connectivity index (χ0n) is 16.3. The zero-order valence-corrected chi connectivity index (χ0v) is 17.9. The first-order chi connectivity index (χ1) is 14.3. The van der Waals surface area contributed by atoms with Crippen molar-refractivity contribution in [2.75, 3.05) is 18.4 Å². The summed E-state index contributed by atoms with van der Waals surface area (Å²) in [4.78, 5) is 14.6. The minimum absolute atomic E-state index is 0.669. The summed E-state index contributed by atoms with van der Waals surface area (Å²) >= 11 is 3.58. The number of hydrogen-bond acceptors (Lipinski definition) is 6. The Bertz CT molecular complexity index is 1160. The molecule has 6 heteroatoms. The van der Waals surface area contributed by atoms with Gasteiger partial charge in [-0.05, 0) is 69.1 Å². The van der Waals surface area contributed by atoms with Crippen molar-refractivity contribution in [3.63, 3.8) is 0 Å². The third-order valence-electron chi connectivity index (χ3n) is 6.52. The second-order valence-corrected chi connectivity index (χ2v) is 10.2. The second kappa shape index (κ2) is 7.35. The third kappa shape index (κ3) is 3.23. The molecule has 1 unspecified atom stereocenters. The molecular weight excluding hydrogens is 396 g/mol. The summed E-state index contributed by atoms with van der Waals surface area (Å²) in [6.45, 7) is 2.58. The summed E-state index contributed by atoms with van der Waals surface area (Å²) in [5, 5.41) is 4.87. The molecule has 5 heterocycles. The minimum atomic E-state index is 0.669. The molecule has 29 heavy (non-hydrogen) atoms. The number of nitrogens with one attached hydrogen (secondary N) is 1. The van der Waals surface area contributed by atoms with Crippen LogP contribution in [0, 0.1) is 0 Å². The van der Waals surface area contributed by atoms with Crippen LogP contribution in [0.1, 0.15) is 42.9 Å². The van der Waals surface area contributed by atoms with E-state index >= 15 is 0 Å². The molecule has 0 radical (unpaired) electrons. The molecule has 2 aliphatic rings. The highest BCUT2D eigenvalue weighted by atomic mass is 32.1. The van der Waals surface area contributed by atoms with Gasteiger partial charge in [-0.25, -0.2) is 9.97 Å². The van der Waals surface area contributed by atoms with Gasteiger partial charge in [0, 0.05) is 34.1 Å². The predicted molar refractivity (Wildman–Crippen MR) is 124 cm³/mol. The summed E-state index contributed by atoms with van der Waals surface area (Å²) in [7, 11) is 0. The number of nitrogens with zero attached hydrogens (tertiary/aromatic N) is 3. The van der Waals surface area contributed by atoms with Gasteiger partial charge in [0.25, 0.3) is 0 Å². The molecule has 1 aromatic carbocycles. The van der Waals surface area contributed by atoms with Crippen molar-refractivity contribution in [1.29, 1.82) is 0 Å². The van der Waals surface area contributed by atoms with Crippen LogP contribution in [0.5, 0.6) is 0 Å². The molecule has 0 amide bonds. The molecule has 4 aromatic rings. The summed E-state index contributed by atoms with van der Waals surface area (Å²) in [6, 6.07) is 11.7. The number of pyridine rings is 1. The minimum Gasteiger partial charge on any atom is -0.355 e. The molecule has 6 rings (SSSR count). The van der Waals surface area contributed by atoms with Crippen LogP contribution in [0.15, 0.2) is 42.0 Å². The van der Waals surface area contributed by atoms with E-state index in [0.717, 1.165) is 27.8 Å². The molecule has 1 N–H and O–H groups in total. The van der Waals surface area contributed by atoms with Crippen molar-refractivity contribution in [3.05, 3.63) is 46.9 Å². The van der Waals surface area contributed by atoms with Crippen molar-refractivity contribution >= 4 is 54.5 Å². The number of rotatable bonds is 3. The number of piperidine rings is 2. The summed E-state index contributed by atoms with van der Waals surface area (Å²) < 4.78 is 1.22. The number of fused-ring (bicyclic) bond motifs is 3. The highest BCUT2D eigenvalue weighted by Crippen LogP contribution is 2.43. The van der Waals surface area contributed by atoms with Gasteiger partial charge in [-0.15, -0.1) is 22.7 Å². The molecule has 2 saturated heterocycles. The predicted octanol–water partition coefficient (Wildman–Crippen LogP) is 6.38. The fourth-order valence-electron chi connectivity index (χ4n) is 5.13. The molecule has 3 aromatic heterocycles. The summed E-state index contributed by atoms with van der Waals surface area (Å²) in [5.74, 6) is 0.669. The van der Waals surface area contributed by atoms with Gasteiger partial charge in [-0.2, -0.15) is 0 Å². The second-order valence-electron chi connectivity index (χ2n) is 8.23. The van der Waals surface area contributed by atoms with Gasteiger partial charge in [-0.1, -0.05) is 6.42 Å². The largest absolute Gasteiger partial charge is 0.355 e. The normalized spacial score (nSPS) is 22.8. The van der Waals surface area contributed by atoms with Crippen LogP contribution in [0.4, 0.5) is 11.4 Å². The standard InChI is InChI=1S/C23H24N4S2/c1-2-10-27-11-3-4-16(20(27)5-1)22-13-17-18(8-9-24-23(17)29-22)26-15-6-7-21-19(12-15)25-14-28-21/h6-9,12-14,16,20H,1-5,10-11H2,(H,24,26)/t16-,20?/m1/s1. The Morgan fingerprint density at radius 1 is 1.00 bits per heavy atom. The van der Waals surface area contributed by atoms with Gasteiger partial charge in [0.15, 0.2) is 0 Å². The molecule has 0 aliphatic carbocycles. The molecule has 2 fully saturated rings. The molecule has 0 bridgehead atoms. The number of thiazole rings is 1. The summed E-state index contributed by atoms with van der Waals surface area (Å²) in [6.07, 6.45) is 8.67. The molecular formula is C23H24N4S2. The lowest BCUT2D eigenvalue weighted by atomic mass is 9.82. The number of anilines is 2. The van der Waals surface area contributed by atoms with Crippen LogP contribution in [-0.4, -0.2) is 34.0 Å². The average Bonchev–Trinajstić information content (AvgIpc) is 3.40. The van der Waals surface area contributed by atoms with Crippen LogP contribution in [-0.2, 0) is 0 Å². The van der Waals surface area contributed by atoms with Crippen LogP contribution in [0.25, 0.3) is 20.4 Å². The van der Waals surface area contributed by atoms with E-state index in [4.69, 9.17) is 4.98 Å². The first kappa shape index (κ1) is 17.8. The van der Waals surface area contributed by atoms with E-state index in [-0.39, 0.29) is 0 Å². The number of benzene rings is 1. The molecule has 0 saturated carbocycles. The van der Waals surface area contributed by atoms with E-state index in [1.807, 2.05) is 23.0 Å². The van der Waals surface area contributed by atoms with E-state index in [0.29, 0.717) is 5.92 Å². The highest BCUT2D eigenvalue weighted by molar-refractivity contribution is 7.18. The van der Waals surface area contributed by atoms with Gasteiger partial charge < -0.3 is 5.32 Å². The lowest BCUT2D eigenvalue weighted by molar-refractivity contribution is 0.0905. The lowest BCUT2D eigenvalue weighted by Crippen LogP contribution is -2.46. The van der Waals surface area contributed by atoms with Gasteiger partial charge in [0.05, 0.1) is 21.4 Å². The van der Waals surface area contributed by atoms with Gasteiger partial charge >= 0.3 is 0 Å². The van der Waals surface area contributed by atoms with Gasteiger partial charge in [0.2, 0.25) is 0 Å². The first-order valence-electron chi connectivity index (χ1n) is 10.6. The first-order valence-corrected chi connectivity index (χ1v) is 12.3. The Kier molecular flexibility index (Phi) is 4.51. The number of aromatic nitrogens is 2. The molecule has 148 valence electrons. The lowest BCUT2D eigenvalue weighted by Gasteiger charge is -2.44. The average molecular weight is 421 g/mol. The number of thiophene rings is 1. The van der Waals surface area contributed by atoms with Crippen molar-refractivity contribution in [1.82, 2.24) is 14.9 Å². The fraction of sp³-hybridized carbons (Fsp3) is 0.391. The van der Waals surface area contributed by atoms with E-state index < -0.39 is 0 Å². The maximum atomic E-state index is 4.70. The zero-order chi connectivity index (χ0) is 19.2. The number of hydrogen-bond donors (Lipinski definition) is 1. The monoisotopic (exact) mass is 420 g/mol. The Morgan fingerprint density at radius 2 is 1.97 bits per heavy atom. The topological polar surface area (TPSA) is 41.1 Å².